The molecule has 2 aliphatic heterocycles. The minimum Gasteiger partial charge on any atom is -0.385 e. The average molecular weight is 549 g/mol. The van der Waals surface area contributed by atoms with Crippen LogP contribution in [-0.4, -0.2) is 29.9 Å². The lowest BCUT2D eigenvalue weighted by molar-refractivity contribution is -0.437. The van der Waals surface area contributed by atoms with Crippen molar-refractivity contribution in [1.82, 2.24) is 5.32 Å². The predicted octanol–water partition coefficient (Wildman–Crippen LogP) is 9.09. The Bertz CT molecular complexity index is 1440. The van der Waals surface area contributed by atoms with E-state index >= 15 is 0 Å². The molecule has 0 saturated heterocycles. The molecule has 5 rings (SSSR count). The molecule has 1 aliphatic carbocycles. The molecular weight excluding hydrogens is 498 g/mol. The van der Waals surface area contributed by atoms with Crippen molar-refractivity contribution in [2.45, 2.75) is 91.4 Å². The van der Waals surface area contributed by atoms with Crippen molar-refractivity contribution < 1.29 is 4.58 Å². The summed E-state index contributed by atoms with van der Waals surface area (Å²) in [6, 6.07) is 17.9. The normalized spacial score (nSPS) is 21.4. The summed E-state index contributed by atoms with van der Waals surface area (Å²) in [6.07, 6.45) is 15.3. The molecule has 3 heteroatoms. The molecule has 1 N–H and O–H groups in total. The molecule has 0 spiro atoms. The highest BCUT2D eigenvalue weighted by Crippen LogP contribution is 2.48. The van der Waals surface area contributed by atoms with E-state index in [9.17, 15) is 0 Å². The van der Waals surface area contributed by atoms with E-state index in [1.807, 2.05) is 0 Å². The molecule has 0 aromatic heterocycles. The van der Waals surface area contributed by atoms with Crippen molar-refractivity contribution in [2.75, 3.05) is 24.5 Å². The first kappa shape index (κ1) is 29.2. The molecule has 0 bridgehead atoms. The lowest BCUT2D eigenvalue weighted by Crippen LogP contribution is -2.28. The Morgan fingerprint density at radius 2 is 1.56 bits per heavy atom. The number of para-hydroxylation sites is 2. The Hall–Kier alpha value is -3.33. The molecule has 216 valence electrons. The summed E-state index contributed by atoms with van der Waals surface area (Å²) in [5, 5.41) is 3.78. The number of hydrogen-bond acceptors (Lipinski definition) is 2. The zero-order valence-electron chi connectivity index (χ0n) is 26.5. The third-order valence-electron chi connectivity index (χ3n) is 9.27. The molecule has 0 fully saturated rings. The van der Waals surface area contributed by atoms with Crippen LogP contribution in [0.3, 0.4) is 0 Å². The Labute approximate surface area is 249 Å². The molecule has 41 heavy (non-hydrogen) atoms. The summed E-state index contributed by atoms with van der Waals surface area (Å²) in [5.41, 5.74) is 12.6. The van der Waals surface area contributed by atoms with E-state index in [-0.39, 0.29) is 10.8 Å². The Balaban J connectivity index is 1.54. The number of nitrogens with zero attached hydrogens (tertiary/aromatic N) is 2. The molecule has 2 aromatic rings. The van der Waals surface area contributed by atoms with Gasteiger partial charge in [-0.1, -0.05) is 76.2 Å². The third kappa shape index (κ3) is 5.25. The van der Waals surface area contributed by atoms with Crippen LogP contribution in [0.25, 0.3) is 0 Å². The van der Waals surface area contributed by atoms with Gasteiger partial charge in [0.2, 0.25) is 5.69 Å². The number of anilines is 1. The van der Waals surface area contributed by atoms with Crippen molar-refractivity contribution in [3.8, 4) is 0 Å². The molecule has 0 atom stereocenters. The fourth-order valence-electron chi connectivity index (χ4n) is 7.23. The van der Waals surface area contributed by atoms with Crippen LogP contribution in [0.5, 0.6) is 0 Å². The lowest BCUT2D eigenvalue weighted by Gasteiger charge is -2.27. The quantitative estimate of drug-likeness (QED) is 0.315. The highest BCUT2D eigenvalue weighted by atomic mass is 15.2. The summed E-state index contributed by atoms with van der Waals surface area (Å²) >= 11 is 0. The number of rotatable bonds is 9. The summed E-state index contributed by atoms with van der Waals surface area (Å²) < 4.78 is 2.55. The molecule has 3 aliphatic rings. The zero-order chi connectivity index (χ0) is 29.2. The van der Waals surface area contributed by atoms with Crippen LogP contribution >= 0.6 is 0 Å². The van der Waals surface area contributed by atoms with Gasteiger partial charge < -0.3 is 10.2 Å². The van der Waals surface area contributed by atoms with Crippen LogP contribution in [0.15, 0.2) is 95.4 Å². The second-order valence-corrected chi connectivity index (χ2v) is 12.8. The van der Waals surface area contributed by atoms with Gasteiger partial charge in [-0.15, -0.1) is 0 Å². The van der Waals surface area contributed by atoms with Gasteiger partial charge in [-0.25, -0.2) is 0 Å². The first-order valence-corrected chi connectivity index (χ1v) is 15.9. The van der Waals surface area contributed by atoms with Crippen molar-refractivity contribution in [3.05, 3.63) is 107 Å². The number of likely N-dealkylation sites (N-methyl/N-ethyl adjacent to an activating group) is 1. The van der Waals surface area contributed by atoms with Crippen LogP contribution in [-0.2, 0) is 10.8 Å². The van der Waals surface area contributed by atoms with Gasteiger partial charge in [-0.05, 0) is 75.3 Å². The second kappa shape index (κ2) is 11.9. The van der Waals surface area contributed by atoms with Crippen LogP contribution in [0, 0.1) is 0 Å². The van der Waals surface area contributed by atoms with Gasteiger partial charge in [0, 0.05) is 59.7 Å². The van der Waals surface area contributed by atoms with Crippen molar-refractivity contribution in [1.29, 1.82) is 0 Å². The second-order valence-electron chi connectivity index (χ2n) is 12.8. The lowest BCUT2D eigenvalue weighted by atomic mass is 9.81. The molecule has 2 aromatic carbocycles. The SMILES string of the molecule is CCCN1C(=CC=C2CCCC(C=CC3=[N+](CCC)c4ccccc4C3(C)C)=C2NCC)C(C)(C)c2ccccc21. The van der Waals surface area contributed by atoms with E-state index in [1.54, 1.807) is 0 Å². The first-order chi connectivity index (χ1) is 19.7. The molecule has 2 heterocycles. The predicted molar refractivity (Wildman–Crippen MR) is 177 cm³/mol. The topological polar surface area (TPSA) is 18.3 Å². The Morgan fingerprint density at radius 3 is 2.29 bits per heavy atom. The number of benzene rings is 2. The minimum absolute atomic E-state index is 0.00920. The smallest absolute Gasteiger partial charge is 0.209 e. The van der Waals surface area contributed by atoms with E-state index in [4.69, 9.17) is 0 Å². The molecule has 0 amide bonds. The fraction of sp³-hybridized carbons (Fsp3) is 0.447. The van der Waals surface area contributed by atoms with Crippen molar-refractivity contribution >= 4 is 17.1 Å². The largest absolute Gasteiger partial charge is 0.385 e. The molecule has 3 nitrogen and oxygen atoms in total. The fourth-order valence-corrected chi connectivity index (χ4v) is 7.23. The van der Waals surface area contributed by atoms with E-state index < -0.39 is 0 Å². The summed E-state index contributed by atoms with van der Waals surface area (Å²) in [7, 11) is 0. The Morgan fingerprint density at radius 1 is 0.829 bits per heavy atom. The standard InChI is InChI=1S/C38H49N3/c1-8-26-40-32-20-13-11-18-30(32)37(4,5)34(40)24-22-28-16-15-17-29(36(28)39-10-3)23-25-35-38(6,7)31-19-12-14-21-33(31)41(35)27-9-2/h11-14,18-25H,8-10,15-17,26-27H2,1-7H3/p+1. The van der Waals surface area contributed by atoms with Crippen LogP contribution in [0.4, 0.5) is 11.4 Å². The highest BCUT2D eigenvalue weighted by molar-refractivity contribution is 6.03. The number of hydrogen-bond donors (Lipinski definition) is 1. The highest BCUT2D eigenvalue weighted by Gasteiger charge is 2.44. The van der Waals surface area contributed by atoms with E-state index in [0.717, 1.165) is 45.3 Å². The summed E-state index contributed by atoms with van der Waals surface area (Å²) in [4.78, 5) is 2.55. The summed E-state index contributed by atoms with van der Waals surface area (Å²) in [5.74, 6) is 0. The van der Waals surface area contributed by atoms with Crippen molar-refractivity contribution in [3.63, 3.8) is 0 Å². The molecule has 0 saturated carbocycles. The van der Waals surface area contributed by atoms with Gasteiger partial charge in [0.05, 0.1) is 5.41 Å². The molecular formula is C38H50N3+. The van der Waals surface area contributed by atoms with Gasteiger partial charge in [0.15, 0.2) is 5.71 Å². The first-order valence-electron chi connectivity index (χ1n) is 15.9. The number of fused-ring (bicyclic) bond motifs is 2. The van der Waals surface area contributed by atoms with Crippen LogP contribution in [0.1, 0.15) is 91.7 Å². The van der Waals surface area contributed by atoms with E-state index in [1.165, 1.54) is 57.2 Å². The van der Waals surface area contributed by atoms with Gasteiger partial charge in [-0.2, -0.15) is 4.58 Å². The van der Waals surface area contributed by atoms with Gasteiger partial charge in [0.1, 0.15) is 6.54 Å². The van der Waals surface area contributed by atoms with Crippen molar-refractivity contribution in [2.24, 2.45) is 0 Å². The van der Waals surface area contributed by atoms with Gasteiger partial charge in [0.25, 0.3) is 0 Å². The third-order valence-corrected chi connectivity index (χ3v) is 9.27. The maximum atomic E-state index is 3.78. The van der Waals surface area contributed by atoms with Gasteiger partial charge >= 0.3 is 0 Å². The Kier molecular flexibility index (Phi) is 8.45. The maximum Gasteiger partial charge on any atom is 0.209 e. The minimum atomic E-state index is -0.00920. The maximum absolute atomic E-state index is 3.78. The molecule has 0 unspecified atom stereocenters. The average Bonchev–Trinajstić information content (AvgIpc) is 3.31. The molecule has 0 radical (unpaired) electrons. The zero-order valence-corrected chi connectivity index (χ0v) is 26.5. The van der Waals surface area contributed by atoms with E-state index in [2.05, 4.69) is 136 Å². The van der Waals surface area contributed by atoms with E-state index in [0.29, 0.717) is 0 Å². The van der Waals surface area contributed by atoms with Crippen LogP contribution in [0.2, 0.25) is 0 Å². The summed E-state index contributed by atoms with van der Waals surface area (Å²) in [6.45, 7) is 19.3. The monoisotopic (exact) mass is 548 g/mol. The number of nitrogens with one attached hydrogen (secondary N) is 1. The van der Waals surface area contributed by atoms with Crippen LogP contribution < -0.4 is 10.2 Å². The van der Waals surface area contributed by atoms with Gasteiger partial charge in [-0.3, -0.25) is 0 Å². The number of allylic oxidation sites excluding steroid dienone is 7.